The number of hydrogen-bond donors (Lipinski definition) is 1. The molecule has 0 aromatic rings. The van der Waals surface area contributed by atoms with Crippen LogP contribution in [0, 0.1) is 10.8 Å². The van der Waals surface area contributed by atoms with Gasteiger partial charge in [-0.15, -0.1) is 0 Å². The Balaban J connectivity index is 2.06. The van der Waals surface area contributed by atoms with Crippen LogP contribution in [0.3, 0.4) is 0 Å². The minimum absolute atomic E-state index is 0.0289. The minimum Gasteiger partial charge on any atom is -0.392 e. The molecule has 0 aromatic carbocycles. The predicted molar refractivity (Wildman–Crippen MR) is 47.7 cm³/mol. The van der Waals surface area contributed by atoms with Crippen LogP contribution in [-0.4, -0.2) is 11.2 Å². The van der Waals surface area contributed by atoms with Gasteiger partial charge in [0.1, 0.15) is 0 Å². The van der Waals surface area contributed by atoms with Gasteiger partial charge in [-0.1, -0.05) is 18.6 Å². The summed E-state index contributed by atoms with van der Waals surface area (Å²) in [5, 5.41) is 10.0. The molecule has 66 valence electrons. The summed E-state index contributed by atoms with van der Waals surface area (Å²) in [5.74, 6) is 0. The van der Waals surface area contributed by atoms with Crippen LogP contribution in [-0.2, 0) is 0 Å². The zero-order chi connectivity index (χ0) is 8.23. The lowest BCUT2D eigenvalue weighted by atomic mass is 9.50. The Labute approximate surface area is 73.5 Å². The van der Waals surface area contributed by atoms with Crippen molar-refractivity contribution in [3.63, 3.8) is 0 Å². The predicted octanol–water partition coefficient (Wildman–Crippen LogP) is 2.26. The Bertz CT molecular complexity index is 245. The van der Waals surface area contributed by atoms with Gasteiger partial charge in [-0.3, -0.25) is 0 Å². The largest absolute Gasteiger partial charge is 0.392 e. The van der Waals surface area contributed by atoms with Gasteiger partial charge in [0.25, 0.3) is 0 Å². The smallest absolute Gasteiger partial charge is 0.0639 e. The van der Waals surface area contributed by atoms with Gasteiger partial charge in [0.2, 0.25) is 0 Å². The van der Waals surface area contributed by atoms with Gasteiger partial charge in [0.05, 0.1) is 6.10 Å². The normalized spacial score (nSPS) is 55.9. The molecule has 0 heterocycles. The molecule has 2 fully saturated rings. The molecule has 12 heavy (non-hydrogen) atoms. The molecule has 0 spiro atoms. The Morgan fingerprint density at radius 1 is 1.08 bits per heavy atom. The third kappa shape index (κ3) is 0.545. The number of aliphatic hydroxyl groups excluding tert-OH is 1. The van der Waals surface area contributed by atoms with E-state index in [0.29, 0.717) is 5.41 Å². The summed E-state index contributed by atoms with van der Waals surface area (Å²) >= 11 is 0. The van der Waals surface area contributed by atoms with Crippen LogP contribution in [0.2, 0.25) is 0 Å². The van der Waals surface area contributed by atoms with E-state index >= 15 is 0 Å². The van der Waals surface area contributed by atoms with Crippen molar-refractivity contribution < 1.29 is 5.11 Å². The second-order valence-corrected chi connectivity index (χ2v) is 4.79. The van der Waals surface area contributed by atoms with Crippen LogP contribution < -0.4 is 0 Å². The van der Waals surface area contributed by atoms with Crippen LogP contribution in [0.4, 0.5) is 0 Å². The first kappa shape index (κ1) is 7.14. The Hall–Kier alpha value is -0.300. The molecule has 0 bridgehead atoms. The Kier molecular flexibility index (Phi) is 1.16. The molecule has 1 nitrogen and oxygen atoms in total. The van der Waals surface area contributed by atoms with Crippen molar-refractivity contribution in [1.29, 1.82) is 0 Å². The standard InChI is InChI=1S/C11H16O/c12-9-3-1-4-10-5-2-6-11(9,10)8-7-10/h7-9,12H,1-6H2. The molecule has 0 radical (unpaired) electrons. The molecule has 3 aliphatic carbocycles. The summed E-state index contributed by atoms with van der Waals surface area (Å²) in [6, 6.07) is 0. The Morgan fingerprint density at radius 2 is 1.92 bits per heavy atom. The summed E-state index contributed by atoms with van der Waals surface area (Å²) < 4.78 is 0. The van der Waals surface area contributed by atoms with Gasteiger partial charge >= 0.3 is 0 Å². The second kappa shape index (κ2) is 1.95. The second-order valence-electron chi connectivity index (χ2n) is 4.79. The van der Waals surface area contributed by atoms with Gasteiger partial charge in [0, 0.05) is 5.41 Å². The van der Waals surface area contributed by atoms with Crippen LogP contribution >= 0.6 is 0 Å². The van der Waals surface area contributed by atoms with Gasteiger partial charge in [0.15, 0.2) is 0 Å². The highest BCUT2D eigenvalue weighted by atomic mass is 16.3. The lowest BCUT2D eigenvalue weighted by Crippen LogP contribution is -2.52. The van der Waals surface area contributed by atoms with E-state index in [9.17, 15) is 5.11 Å². The number of aliphatic hydroxyl groups is 1. The zero-order valence-electron chi connectivity index (χ0n) is 7.42. The fourth-order valence-electron chi connectivity index (χ4n) is 3.80. The number of allylic oxidation sites excluding steroid dienone is 1. The van der Waals surface area contributed by atoms with E-state index in [1.165, 1.54) is 32.1 Å². The first-order valence-electron chi connectivity index (χ1n) is 5.18. The minimum atomic E-state index is -0.0289. The van der Waals surface area contributed by atoms with Crippen molar-refractivity contribution in [3.05, 3.63) is 12.2 Å². The average molecular weight is 164 g/mol. The molecule has 1 N–H and O–H groups in total. The van der Waals surface area contributed by atoms with Crippen molar-refractivity contribution in [2.75, 3.05) is 0 Å². The van der Waals surface area contributed by atoms with Crippen LogP contribution in [0.15, 0.2) is 12.2 Å². The molecule has 3 rings (SSSR count). The van der Waals surface area contributed by atoms with E-state index < -0.39 is 0 Å². The van der Waals surface area contributed by atoms with E-state index in [4.69, 9.17) is 0 Å². The summed E-state index contributed by atoms with van der Waals surface area (Å²) in [4.78, 5) is 0. The van der Waals surface area contributed by atoms with E-state index in [0.717, 1.165) is 6.42 Å². The molecular formula is C11H16O. The van der Waals surface area contributed by atoms with Crippen molar-refractivity contribution in [2.24, 2.45) is 10.8 Å². The maximum absolute atomic E-state index is 10.0. The fraction of sp³-hybridized carbons (Fsp3) is 0.818. The zero-order valence-corrected chi connectivity index (χ0v) is 7.42. The maximum Gasteiger partial charge on any atom is 0.0639 e. The number of rotatable bonds is 0. The molecule has 1 heteroatoms. The monoisotopic (exact) mass is 164 g/mol. The highest BCUT2D eigenvalue weighted by Crippen LogP contribution is 2.67. The molecule has 0 saturated heterocycles. The van der Waals surface area contributed by atoms with E-state index in [1.54, 1.807) is 0 Å². The third-order valence-electron chi connectivity index (χ3n) is 4.54. The highest BCUT2D eigenvalue weighted by molar-refractivity contribution is 5.32. The Morgan fingerprint density at radius 3 is 2.58 bits per heavy atom. The molecule has 3 unspecified atom stereocenters. The van der Waals surface area contributed by atoms with Crippen molar-refractivity contribution in [1.82, 2.24) is 0 Å². The SMILES string of the molecule is OC1CCCC23C=CC12CCC3. The molecule has 0 aromatic heterocycles. The average Bonchev–Trinajstić information content (AvgIpc) is 2.31. The summed E-state index contributed by atoms with van der Waals surface area (Å²) in [6.45, 7) is 0. The first-order valence-corrected chi connectivity index (χ1v) is 5.18. The van der Waals surface area contributed by atoms with Crippen LogP contribution in [0.5, 0.6) is 0 Å². The van der Waals surface area contributed by atoms with Gasteiger partial charge in [-0.05, 0) is 37.5 Å². The first-order chi connectivity index (χ1) is 5.79. The van der Waals surface area contributed by atoms with Gasteiger partial charge < -0.3 is 5.11 Å². The van der Waals surface area contributed by atoms with Gasteiger partial charge in [-0.25, -0.2) is 0 Å². The quantitative estimate of drug-likeness (QED) is 0.544. The molecular weight excluding hydrogens is 148 g/mol. The molecule has 2 saturated carbocycles. The van der Waals surface area contributed by atoms with Crippen molar-refractivity contribution in [3.8, 4) is 0 Å². The van der Waals surface area contributed by atoms with Crippen molar-refractivity contribution in [2.45, 2.75) is 44.6 Å². The molecule has 3 aliphatic rings. The van der Waals surface area contributed by atoms with E-state index in [2.05, 4.69) is 12.2 Å². The lowest BCUT2D eigenvalue weighted by Gasteiger charge is -2.55. The topological polar surface area (TPSA) is 20.2 Å². The molecule has 0 aliphatic heterocycles. The van der Waals surface area contributed by atoms with Gasteiger partial charge in [-0.2, -0.15) is 0 Å². The number of hydrogen-bond acceptors (Lipinski definition) is 1. The van der Waals surface area contributed by atoms with E-state index in [1.807, 2.05) is 0 Å². The lowest BCUT2D eigenvalue weighted by molar-refractivity contribution is -0.0575. The summed E-state index contributed by atoms with van der Waals surface area (Å²) in [6.07, 6.45) is 12.1. The van der Waals surface area contributed by atoms with Crippen LogP contribution in [0.25, 0.3) is 0 Å². The van der Waals surface area contributed by atoms with E-state index in [-0.39, 0.29) is 11.5 Å². The maximum atomic E-state index is 10.0. The summed E-state index contributed by atoms with van der Waals surface area (Å²) in [7, 11) is 0. The van der Waals surface area contributed by atoms with Crippen molar-refractivity contribution >= 4 is 0 Å². The summed E-state index contributed by atoms with van der Waals surface area (Å²) in [5.41, 5.74) is 0.690. The highest BCUT2D eigenvalue weighted by Gasteiger charge is 2.61. The molecule has 0 amide bonds. The van der Waals surface area contributed by atoms with Crippen LogP contribution in [0.1, 0.15) is 38.5 Å². The third-order valence-corrected chi connectivity index (χ3v) is 4.54. The molecule has 3 atom stereocenters. The fourth-order valence-corrected chi connectivity index (χ4v) is 3.80.